The summed E-state index contributed by atoms with van der Waals surface area (Å²) in [7, 11) is 0. The molecule has 1 aliphatic heterocycles. The molecule has 24 heavy (non-hydrogen) atoms. The summed E-state index contributed by atoms with van der Waals surface area (Å²) in [6.07, 6.45) is 3.10. The van der Waals surface area contributed by atoms with Crippen molar-refractivity contribution in [2.45, 2.75) is 50.5 Å². The van der Waals surface area contributed by atoms with Gasteiger partial charge in [-0.2, -0.15) is 0 Å². The van der Waals surface area contributed by atoms with Gasteiger partial charge in [0.25, 0.3) is 0 Å². The maximum absolute atomic E-state index is 13.2. The van der Waals surface area contributed by atoms with Crippen molar-refractivity contribution < 1.29 is 13.9 Å². The van der Waals surface area contributed by atoms with E-state index in [0.29, 0.717) is 26.2 Å². The minimum absolute atomic E-state index is 0. The number of amides is 1. The van der Waals surface area contributed by atoms with Crippen LogP contribution in [0.4, 0.5) is 4.39 Å². The number of nitrogens with two attached hydrogens (primary N) is 1. The van der Waals surface area contributed by atoms with Crippen LogP contribution in [-0.4, -0.2) is 31.2 Å². The topological polar surface area (TPSA) is 64.4 Å². The molecule has 1 amide bonds. The highest BCUT2D eigenvalue weighted by molar-refractivity contribution is 5.85. The van der Waals surface area contributed by atoms with Crippen LogP contribution in [0.15, 0.2) is 24.3 Å². The van der Waals surface area contributed by atoms with Gasteiger partial charge in [0.2, 0.25) is 5.91 Å². The molecule has 1 unspecified atom stereocenters. The van der Waals surface area contributed by atoms with Crippen LogP contribution in [0.3, 0.4) is 0 Å². The summed E-state index contributed by atoms with van der Waals surface area (Å²) in [5.74, 6) is -0.384. The standard InChI is InChI=1S/C18H27FN2O2.ClH/c1-3-8-17(2,20)16(22)21-13-18(9-11-23-12-10-18)14-4-6-15(19)7-5-14;/h4-7H,3,8-13,20H2,1-2H3,(H,21,22);1H. The first-order valence-electron chi connectivity index (χ1n) is 8.31. The molecule has 0 radical (unpaired) electrons. The fraction of sp³-hybridized carbons (Fsp3) is 0.611. The van der Waals surface area contributed by atoms with Crippen molar-refractivity contribution in [3.8, 4) is 0 Å². The number of carbonyl (C=O) groups excluding carboxylic acids is 1. The normalized spacial score (nSPS) is 19.0. The minimum atomic E-state index is -0.857. The van der Waals surface area contributed by atoms with Crippen molar-refractivity contribution in [2.75, 3.05) is 19.8 Å². The quantitative estimate of drug-likeness (QED) is 0.821. The molecule has 0 aromatic heterocycles. The average Bonchev–Trinajstić information content (AvgIpc) is 2.54. The molecule has 1 saturated heterocycles. The van der Waals surface area contributed by atoms with E-state index in [1.54, 1.807) is 19.1 Å². The molecule has 1 aliphatic rings. The Bertz CT molecular complexity index is 528. The summed E-state index contributed by atoms with van der Waals surface area (Å²) in [5.41, 5.74) is 6.06. The van der Waals surface area contributed by atoms with Crippen molar-refractivity contribution in [3.05, 3.63) is 35.6 Å². The lowest BCUT2D eigenvalue weighted by molar-refractivity contribution is -0.126. The number of hydrogen-bond acceptors (Lipinski definition) is 3. The highest BCUT2D eigenvalue weighted by atomic mass is 35.5. The van der Waals surface area contributed by atoms with Crippen LogP contribution >= 0.6 is 12.4 Å². The Balaban J connectivity index is 0.00000288. The van der Waals surface area contributed by atoms with Gasteiger partial charge in [-0.1, -0.05) is 25.5 Å². The zero-order chi connectivity index (χ0) is 16.9. The molecule has 0 bridgehead atoms. The van der Waals surface area contributed by atoms with Gasteiger partial charge in [-0.25, -0.2) is 4.39 Å². The van der Waals surface area contributed by atoms with E-state index in [9.17, 15) is 9.18 Å². The highest BCUT2D eigenvalue weighted by Crippen LogP contribution is 2.34. The second kappa shape index (κ2) is 8.79. The predicted molar refractivity (Wildman–Crippen MR) is 95.9 cm³/mol. The number of rotatable bonds is 6. The van der Waals surface area contributed by atoms with E-state index in [1.807, 2.05) is 6.92 Å². The number of nitrogens with one attached hydrogen (secondary N) is 1. The third-order valence-electron chi connectivity index (χ3n) is 4.78. The van der Waals surface area contributed by atoms with E-state index in [1.165, 1.54) is 12.1 Å². The molecule has 1 fully saturated rings. The largest absolute Gasteiger partial charge is 0.381 e. The second-order valence-electron chi connectivity index (χ2n) is 6.75. The summed E-state index contributed by atoms with van der Waals surface area (Å²) in [5, 5.41) is 3.02. The Morgan fingerprint density at radius 2 is 1.92 bits per heavy atom. The lowest BCUT2D eigenvalue weighted by atomic mass is 9.74. The van der Waals surface area contributed by atoms with E-state index in [2.05, 4.69) is 5.32 Å². The highest BCUT2D eigenvalue weighted by Gasteiger charge is 2.36. The summed E-state index contributed by atoms with van der Waals surface area (Å²) in [4.78, 5) is 12.4. The molecule has 2 rings (SSSR count). The van der Waals surface area contributed by atoms with Crippen LogP contribution in [0.5, 0.6) is 0 Å². The number of hydrogen-bond donors (Lipinski definition) is 2. The van der Waals surface area contributed by atoms with Gasteiger partial charge < -0.3 is 15.8 Å². The molecular formula is C18H28ClFN2O2. The van der Waals surface area contributed by atoms with Gasteiger partial charge >= 0.3 is 0 Å². The number of carbonyl (C=O) groups is 1. The lowest BCUT2D eigenvalue weighted by Crippen LogP contribution is -2.55. The zero-order valence-electron chi connectivity index (χ0n) is 14.4. The third kappa shape index (κ3) is 4.91. The van der Waals surface area contributed by atoms with E-state index in [0.717, 1.165) is 24.8 Å². The van der Waals surface area contributed by atoms with Crippen LogP contribution < -0.4 is 11.1 Å². The minimum Gasteiger partial charge on any atom is -0.381 e. The Kier molecular flexibility index (Phi) is 7.64. The van der Waals surface area contributed by atoms with Crippen LogP contribution in [-0.2, 0) is 14.9 Å². The number of benzene rings is 1. The van der Waals surface area contributed by atoms with Crippen LogP contribution in [0.2, 0.25) is 0 Å². The van der Waals surface area contributed by atoms with Crippen LogP contribution in [0, 0.1) is 5.82 Å². The number of halogens is 2. The van der Waals surface area contributed by atoms with Crippen LogP contribution in [0.1, 0.15) is 45.1 Å². The van der Waals surface area contributed by atoms with Gasteiger partial charge in [0, 0.05) is 25.2 Å². The van der Waals surface area contributed by atoms with Gasteiger partial charge in [-0.3, -0.25) is 4.79 Å². The molecule has 0 spiro atoms. The summed E-state index contributed by atoms with van der Waals surface area (Å²) in [6.45, 7) is 5.55. The molecule has 136 valence electrons. The number of ether oxygens (including phenoxy) is 1. The Hall–Kier alpha value is -1.17. The van der Waals surface area contributed by atoms with Crippen molar-refractivity contribution in [3.63, 3.8) is 0 Å². The Morgan fingerprint density at radius 1 is 1.33 bits per heavy atom. The summed E-state index contributed by atoms with van der Waals surface area (Å²) < 4.78 is 18.7. The maximum Gasteiger partial charge on any atom is 0.239 e. The summed E-state index contributed by atoms with van der Waals surface area (Å²) >= 11 is 0. The maximum atomic E-state index is 13.2. The molecule has 1 aromatic carbocycles. The van der Waals surface area contributed by atoms with E-state index >= 15 is 0 Å². The monoisotopic (exact) mass is 358 g/mol. The van der Waals surface area contributed by atoms with Crippen molar-refractivity contribution >= 4 is 18.3 Å². The van der Waals surface area contributed by atoms with Gasteiger partial charge in [0.05, 0.1) is 5.54 Å². The van der Waals surface area contributed by atoms with Crippen molar-refractivity contribution in [1.82, 2.24) is 5.32 Å². The molecular weight excluding hydrogens is 331 g/mol. The van der Waals surface area contributed by atoms with Gasteiger partial charge in [0.15, 0.2) is 0 Å². The smallest absolute Gasteiger partial charge is 0.239 e. The van der Waals surface area contributed by atoms with E-state index in [-0.39, 0.29) is 29.5 Å². The molecule has 1 aromatic rings. The lowest BCUT2D eigenvalue weighted by Gasteiger charge is -2.38. The Morgan fingerprint density at radius 3 is 2.46 bits per heavy atom. The van der Waals surface area contributed by atoms with E-state index < -0.39 is 5.54 Å². The first-order valence-corrected chi connectivity index (χ1v) is 8.31. The first kappa shape index (κ1) is 20.9. The third-order valence-corrected chi connectivity index (χ3v) is 4.78. The molecule has 0 aliphatic carbocycles. The second-order valence-corrected chi connectivity index (χ2v) is 6.75. The fourth-order valence-corrected chi connectivity index (χ4v) is 3.22. The molecule has 3 N–H and O–H groups in total. The molecule has 6 heteroatoms. The average molecular weight is 359 g/mol. The fourth-order valence-electron chi connectivity index (χ4n) is 3.22. The van der Waals surface area contributed by atoms with Gasteiger partial charge in [-0.05, 0) is 43.9 Å². The SMILES string of the molecule is CCCC(C)(N)C(=O)NCC1(c2ccc(F)cc2)CCOCC1.Cl. The van der Waals surface area contributed by atoms with Crippen LogP contribution in [0.25, 0.3) is 0 Å². The van der Waals surface area contributed by atoms with Gasteiger partial charge in [0.1, 0.15) is 5.82 Å². The predicted octanol–water partition coefficient (Wildman–Crippen LogP) is 2.93. The molecule has 4 nitrogen and oxygen atoms in total. The Labute approximate surface area is 149 Å². The van der Waals surface area contributed by atoms with Crippen molar-refractivity contribution in [1.29, 1.82) is 0 Å². The molecule has 1 atom stereocenters. The van der Waals surface area contributed by atoms with E-state index in [4.69, 9.17) is 10.5 Å². The van der Waals surface area contributed by atoms with Crippen molar-refractivity contribution in [2.24, 2.45) is 5.73 Å². The zero-order valence-corrected chi connectivity index (χ0v) is 15.3. The molecule has 0 saturated carbocycles. The van der Waals surface area contributed by atoms with Gasteiger partial charge in [-0.15, -0.1) is 12.4 Å². The molecule has 1 heterocycles. The summed E-state index contributed by atoms with van der Waals surface area (Å²) in [6, 6.07) is 6.55. The first-order chi connectivity index (χ1) is 10.9.